The van der Waals surface area contributed by atoms with Crippen molar-refractivity contribution in [1.82, 2.24) is 10.6 Å². The number of benzene rings is 1. The van der Waals surface area contributed by atoms with E-state index in [1.165, 1.54) is 18.3 Å². The zero-order valence-electron chi connectivity index (χ0n) is 13.5. The summed E-state index contributed by atoms with van der Waals surface area (Å²) in [7, 11) is 0. The first-order valence-corrected chi connectivity index (χ1v) is 8.83. The standard InChI is InChI=1S/C18H20N2O3S/c1-12(21)19-15(17-7-4-10-24-17)11-18(22)20-14-8-9-23-16-6-3-2-5-13(14)16/h2-7,10,14-15H,8-9,11H2,1H3,(H,19,21)(H,20,22)/t14-,15+/m0/s1. The molecule has 0 fully saturated rings. The first-order chi connectivity index (χ1) is 11.6. The SMILES string of the molecule is CC(=O)N[C@H](CC(=O)N[C@H]1CCOc2ccccc21)c1cccs1. The van der Waals surface area contributed by atoms with Crippen LogP contribution in [0.1, 0.15) is 42.3 Å². The molecule has 2 heterocycles. The van der Waals surface area contributed by atoms with Crippen LogP contribution >= 0.6 is 11.3 Å². The number of amides is 2. The van der Waals surface area contributed by atoms with Crippen molar-refractivity contribution in [3.63, 3.8) is 0 Å². The number of carbonyl (C=O) groups excluding carboxylic acids is 2. The van der Waals surface area contributed by atoms with Gasteiger partial charge in [-0.25, -0.2) is 0 Å². The Bertz CT molecular complexity index is 715. The summed E-state index contributed by atoms with van der Waals surface area (Å²) in [6.07, 6.45) is 0.964. The summed E-state index contributed by atoms with van der Waals surface area (Å²) in [6, 6.07) is 11.3. The Kier molecular flexibility index (Phi) is 5.15. The lowest BCUT2D eigenvalue weighted by molar-refractivity contribution is -0.123. The second kappa shape index (κ2) is 7.49. The minimum absolute atomic E-state index is 0.0521. The molecule has 2 aromatic rings. The molecule has 0 aliphatic carbocycles. The quantitative estimate of drug-likeness (QED) is 0.876. The summed E-state index contributed by atoms with van der Waals surface area (Å²) < 4.78 is 5.62. The third-order valence-electron chi connectivity index (χ3n) is 3.95. The minimum atomic E-state index is -0.294. The van der Waals surface area contributed by atoms with Gasteiger partial charge in [0.05, 0.1) is 25.1 Å². The Balaban J connectivity index is 1.67. The number of carbonyl (C=O) groups is 2. The fourth-order valence-electron chi connectivity index (χ4n) is 2.89. The molecule has 0 bridgehead atoms. The maximum absolute atomic E-state index is 12.5. The van der Waals surface area contributed by atoms with Gasteiger partial charge in [-0.05, 0) is 17.5 Å². The summed E-state index contributed by atoms with van der Waals surface area (Å²) in [6.45, 7) is 2.05. The van der Waals surface area contributed by atoms with Crippen LogP contribution in [0.25, 0.3) is 0 Å². The molecule has 2 atom stereocenters. The van der Waals surface area contributed by atoms with Crippen molar-refractivity contribution in [2.24, 2.45) is 0 Å². The number of hydrogen-bond donors (Lipinski definition) is 2. The molecule has 1 aromatic heterocycles. The highest BCUT2D eigenvalue weighted by molar-refractivity contribution is 7.10. The predicted octanol–water partition coefficient (Wildman–Crippen LogP) is 2.96. The zero-order valence-corrected chi connectivity index (χ0v) is 14.3. The topological polar surface area (TPSA) is 67.4 Å². The van der Waals surface area contributed by atoms with Crippen LogP contribution < -0.4 is 15.4 Å². The lowest BCUT2D eigenvalue weighted by Gasteiger charge is -2.27. The van der Waals surface area contributed by atoms with Gasteiger partial charge in [0, 0.05) is 23.8 Å². The Hall–Kier alpha value is -2.34. The molecule has 2 N–H and O–H groups in total. The van der Waals surface area contributed by atoms with E-state index in [0.717, 1.165) is 22.6 Å². The molecule has 1 aromatic carbocycles. The van der Waals surface area contributed by atoms with E-state index in [1.54, 1.807) is 0 Å². The molecular formula is C18H20N2O3S. The third-order valence-corrected chi connectivity index (χ3v) is 4.93. The van der Waals surface area contributed by atoms with Crippen molar-refractivity contribution in [1.29, 1.82) is 0 Å². The first kappa shape index (κ1) is 16.5. The number of para-hydroxylation sites is 1. The average molecular weight is 344 g/mol. The zero-order chi connectivity index (χ0) is 16.9. The van der Waals surface area contributed by atoms with Crippen LogP contribution in [0.3, 0.4) is 0 Å². The Morgan fingerprint density at radius 3 is 2.88 bits per heavy atom. The van der Waals surface area contributed by atoms with Gasteiger partial charge < -0.3 is 15.4 Å². The largest absolute Gasteiger partial charge is 0.493 e. The van der Waals surface area contributed by atoms with Crippen LogP contribution in [-0.4, -0.2) is 18.4 Å². The molecule has 3 rings (SSSR count). The predicted molar refractivity (Wildman–Crippen MR) is 92.9 cm³/mol. The van der Waals surface area contributed by atoms with E-state index in [0.29, 0.717) is 6.61 Å². The van der Waals surface area contributed by atoms with Gasteiger partial charge in [-0.15, -0.1) is 11.3 Å². The van der Waals surface area contributed by atoms with Gasteiger partial charge in [-0.2, -0.15) is 0 Å². The number of ether oxygens (including phenoxy) is 1. The van der Waals surface area contributed by atoms with Gasteiger partial charge in [0.2, 0.25) is 11.8 Å². The van der Waals surface area contributed by atoms with Crippen LogP contribution in [-0.2, 0) is 9.59 Å². The molecule has 0 unspecified atom stereocenters. The molecule has 6 heteroatoms. The van der Waals surface area contributed by atoms with Gasteiger partial charge in [0.25, 0.3) is 0 Å². The monoisotopic (exact) mass is 344 g/mol. The molecule has 24 heavy (non-hydrogen) atoms. The van der Waals surface area contributed by atoms with Crippen LogP contribution in [0.4, 0.5) is 0 Å². The van der Waals surface area contributed by atoms with Gasteiger partial charge >= 0.3 is 0 Å². The summed E-state index contributed by atoms with van der Waals surface area (Å²) in [5.74, 6) is 0.604. The number of nitrogens with one attached hydrogen (secondary N) is 2. The summed E-state index contributed by atoms with van der Waals surface area (Å²) >= 11 is 1.53. The molecule has 0 saturated carbocycles. The fraction of sp³-hybridized carbons (Fsp3) is 0.333. The Morgan fingerprint density at radius 1 is 1.29 bits per heavy atom. The molecular weight excluding hydrogens is 324 g/mol. The van der Waals surface area contributed by atoms with Gasteiger partial charge in [-0.1, -0.05) is 24.3 Å². The normalized spacial score (nSPS) is 17.3. The highest BCUT2D eigenvalue weighted by Gasteiger charge is 2.24. The third kappa shape index (κ3) is 3.94. The van der Waals surface area contributed by atoms with Gasteiger partial charge in [0.1, 0.15) is 5.75 Å². The number of thiophene rings is 1. The van der Waals surface area contributed by atoms with E-state index < -0.39 is 0 Å². The number of fused-ring (bicyclic) bond motifs is 1. The second-order valence-electron chi connectivity index (χ2n) is 5.77. The van der Waals surface area contributed by atoms with Crippen LogP contribution in [0.2, 0.25) is 0 Å². The van der Waals surface area contributed by atoms with E-state index in [1.807, 2.05) is 41.8 Å². The van der Waals surface area contributed by atoms with Crippen molar-refractivity contribution in [2.45, 2.75) is 31.8 Å². The van der Waals surface area contributed by atoms with Crippen molar-refractivity contribution in [3.05, 3.63) is 52.2 Å². The van der Waals surface area contributed by atoms with Crippen molar-refractivity contribution in [2.75, 3.05) is 6.61 Å². The molecule has 1 aliphatic heterocycles. The fourth-order valence-corrected chi connectivity index (χ4v) is 3.67. The smallest absolute Gasteiger partial charge is 0.222 e. The Morgan fingerprint density at radius 2 is 2.12 bits per heavy atom. The molecule has 0 radical (unpaired) electrons. The van der Waals surface area contributed by atoms with Crippen LogP contribution in [0.5, 0.6) is 5.75 Å². The Labute approximate surface area is 145 Å². The van der Waals surface area contributed by atoms with E-state index in [4.69, 9.17) is 4.74 Å². The lowest BCUT2D eigenvalue weighted by Crippen LogP contribution is -2.35. The van der Waals surface area contributed by atoms with Crippen LogP contribution in [0, 0.1) is 0 Å². The van der Waals surface area contributed by atoms with Crippen LogP contribution in [0.15, 0.2) is 41.8 Å². The van der Waals surface area contributed by atoms with Crippen molar-refractivity contribution >= 4 is 23.2 Å². The molecule has 5 nitrogen and oxygen atoms in total. The number of rotatable bonds is 5. The van der Waals surface area contributed by atoms with Gasteiger partial charge in [0.15, 0.2) is 0 Å². The maximum Gasteiger partial charge on any atom is 0.222 e. The van der Waals surface area contributed by atoms with Gasteiger partial charge in [-0.3, -0.25) is 9.59 Å². The van der Waals surface area contributed by atoms with Crippen molar-refractivity contribution < 1.29 is 14.3 Å². The average Bonchev–Trinajstić information content (AvgIpc) is 3.08. The second-order valence-corrected chi connectivity index (χ2v) is 6.75. The first-order valence-electron chi connectivity index (χ1n) is 7.95. The highest BCUT2D eigenvalue weighted by atomic mass is 32.1. The highest BCUT2D eigenvalue weighted by Crippen LogP contribution is 2.32. The maximum atomic E-state index is 12.5. The molecule has 2 amide bonds. The summed E-state index contributed by atoms with van der Waals surface area (Å²) in [5, 5.41) is 7.87. The van der Waals surface area contributed by atoms with E-state index in [9.17, 15) is 9.59 Å². The van der Waals surface area contributed by atoms with E-state index in [-0.39, 0.29) is 30.3 Å². The molecule has 0 saturated heterocycles. The number of hydrogen-bond acceptors (Lipinski definition) is 4. The summed E-state index contributed by atoms with van der Waals surface area (Å²) in [4.78, 5) is 24.9. The molecule has 0 spiro atoms. The molecule has 126 valence electrons. The van der Waals surface area contributed by atoms with E-state index >= 15 is 0 Å². The van der Waals surface area contributed by atoms with E-state index in [2.05, 4.69) is 10.6 Å². The lowest BCUT2D eigenvalue weighted by atomic mass is 10.00. The summed E-state index contributed by atoms with van der Waals surface area (Å²) in [5.41, 5.74) is 1.00. The van der Waals surface area contributed by atoms with Crippen molar-refractivity contribution in [3.8, 4) is 5.75 Å². The minimum Gasteiger partial charge on any atom is -0.493 e. The molecule has 1 aliphatic rings.